The molecule has 0 aromatic heterocycles. The Morgan fingerprint density at radius 2 is 1.51 bits per heavy atom. The van der Waals surface area contributed by atoms with Crippen molar-refractivity contribution in [2.24, 2.45) is 0 Å². The number of amides is 2. The average molecular weight is 570 g/mol. The van der Waals surface area contributed by atoms with E-state index in [9.17, 15) is 18.0 Å². The summed E-state index contributed by atoms with van der Waals surface area (Å²) in [4.78, 5) is 28.9. The average Bonchev–Trinajstić information content (AvgIpc) is 2.91. The van der Waals surface area contributed by atoms with Crippen LogP contribution in [-0.4, -0.2) is 55.1 Å². The summed E-state index contributed by atoms with van der Waals surface area (Å²) in [5, 5.41) is 3.50. The molecule has 0 unspecified atom stereocenters. The van der Waals surface area contributed by atoms with Crippen LogP contribution in [0.2, 0.25) is 5.02 Å². The maximum Gasteiger partial charge on any atom is 0.243 e. The van der Waals surface area contributed by atoms with Gasteiger partial charge in [0.05, 0.1) is 4.90 Å². The first-order valence-electron chi connectivity index (χ1n) is 13.0. The van der Waals surface area contributed by atoms with Crippen molar-refractivity contribution in [2.45, 2.75) is 56.6 Å². The molecule has 208 valence electrons. The molecule has 3 aromatic carbocycles. The molecule has 39 heavy (non-hydrogen) atoms. The molecular weight excluding hydrogens is 534 g/mol. The molecule has 0 saturated heterocycles. The Morgan fingerprint density at radius 1 is 0.897 bits per heavy atom. The Balaban J connectivity index is 1.82. The highest BCUT2D eigenvalue weighted by Gasteiger charge is 2.31. The van der Waals surface area contributed by atoms with Crippen LogP contribution in [0.1, 0.15) is 37.8 Å². The molecular formula is C30H36ClN3O4S. The minimum absolute atomic E-state index is 0.0788. The third-order valence-corrected chi connectivity index (χ3v) is 8.37. The van der Waals surface area contributed by atoms with E-state index in [-0.39, 0.29) is 42.3 Å². The summed E-state index contributed by atoms with van der Waals surface area (Å²) in [6.07, 6.45) is 0.723. The van der Waals surface area contributed by atoms with E-state index >= 15 is 0 Å². The van der Waals surface area contributed by atoms with Crippen molar-refractivity contribution in [3.05, 3.63) is 101 Å². The van der Waals surface area contributed by atoms with Gasteiger partial charge in [0.2, 0.25) is 21.8 Å². The van der Waals surface area contributed by atoms with Gasteiger partial charge in [-0.3, -0.25) is 9.59 Å². The molecule has 0 spiro atoms. The fourth-order valence-electron chi connectivity index (χ4n) is 4.26. The summed E-state index contributed by atoms with van der Waals surface area (Å²) >= 11 is 6.22. The van der Waals surface area contributed by atoms with E-state index in [2.05, 4.69) is 5.32 Å². The van der Waals surface area contributed by atoms with Gasteiger partial charge in [-0.1, -0.05) is 72.3 Å². The van der Waals surface area contributed by atoms with Gasteiger partial charge in [-0.05, 0) is 55.7 Å². The highest BCUT2D eigenvalue weighted by Crippen LogP contribution is 2.20. The first-order valence-corrected chi connectivity index (χ1v) is 14.8. The summed E-state index contributed by atoms with van der Waals surface area (Å²) in [5.41, 5.74) is 1.73. The Morgan fingerprint density at radius 3 is 2.13 bits per heavy atom. The molecule has 0 heterocycles. The lowest BCUT2D eigenvalue weighted by Gasteiger charge is -2.32. The molecule has 3 rings (SSSR count). The zero-order chi connectivity index (χ0) is 28.4. The molecule has 0 bridgehead atoms. The standard InChI is InChI=1S/C30H36ClN3O4S/c1-23(2)32-30(36)28(21-24-12-6-4-7-13-24)34(22-25-14-10-15-26(31)20-25)29(35)18-11-19-33(3)39(37,38)27-16-8-5-9-17-27/h4-10,12-17,20,23,28H,11,18-19,21-22H2,1-3H3,(H,32,36)/t28-/m1/s1. The largest absolute Gasteiger partial charge is 0.352 e. The predicted molar refractivity (Wildman–Crippen MR) is 155 cm³/mol. The fourth-order valence-corrected chi connectivity index (χ4v) is 5.70. The Kier molecular flexibility index (Phi) is 11.1. The van der Waals surface area contributed by atoms with Crippen molar-refractivity contribution in [2.75, 3.05) is 13.6 Å². The van der Waals surface area contributed by atoms with Gasteiger partial charge < -0.3 is 10.2 Å². The minimum atomic E-state index is -3.66. The van der Waals surface area contributed by atoms with Gasteiger partial charge in [0.15, 0.2) is 0 Å². The molecule has 0 fully saturated rings. The second-order valence-electron chi connectivity index (χ2n) is 9.76. The van der Waals surface area contributed by atoms with Crippen LogP contribution in [0.25, 0.3) is 0 Å². The van der Waals surface area contributed by atoms with Crippen LogP contribution >= 0.6 is 11.6 Å². The molecule has 1 N–H and O–H groups in total. The Bertz CT molecular complexity index is 1330. The topological polar surface area (TPSA) is 86.8 Å². The maximum atomic E-state index is 13.7. The highest BCUT2D eigenvalue weighted by atomic mass is 35.5. The van der Waals surface area contributed by atoms with Crippen LogP contribution in [0.5, 0.6) is 0 Å². The van der Waals surface area contributed by atoms with Gasteiger partial charge in [-0.25, -0.2) is 12.7 Å². The number of nitrogens with one attached hydrogen (secondary N) is 1. The van der Waals surface area contributed by atoms with Gasteiger partial charge >= 0.3 is 0 Å². The lowest BCUT2D eigenvalue weighted by molar-refractivity contribution is -0.141. The molecule has 0 aliphatic rings. The van der Waals surface area contributed by atoms with Gasteiger partial charge in [-0.2, -0.15) is 0 Å². The Labute approximate surface area is 236 Å². The van der Waals surface area contributed by atoms with Crippen molar-refractivity contribution < 1.29 is 18.0 Å². The number of rotatable bonds is 13. The van der Waals surface area contributed by atoms with Crippen LogP contribution in [0.3, 0.4) is 0 Å². The first-order chi connectivity index (χ1) is 18.6. The SMILES string of the molecule is CC(C)NC(=O)[C@@H](Cc1ccccc1)N(Cc1cccc(Cl)c1)C(=O)CCCN(C)S(=O)(=O)c1ccccc1. The summed E-state index contributed by atoms with van der Waals surface area (Å²) in [6.45, 7) is 4.11. The quantitative estimate of drug-likeness (QED) is 0.317. The number of benzene rings is 3. The second-order valence-corrected chi connectivity index (χ2v) is 12.2. The summed E-state index contributed by atoms with van der Waals surface area (Å²) in [6, 6.07) is 24.1. The van der Waals surface area contributed by atoms with Crippen molar-refractivity contribution >= 4 is 33.4 Å². The number of hydrogen-bond donors (Lipinski definition) is 1. The number of carbonyl (C=O) groups excluding carboxylic acids is 2. The monoisotopic (exact) mass is 569 g/mol. The van der Waals surface area contributed by atoms with E-state index in [0.29, 0.717) is 17.9 Å². The molecule has 0 aliphatic heterocycles. The summed E-state index contributed by atoms with van der Waals surface area (Å²) in [5.74, 6) is -0.478. The number of halogens is 1. The number of sulfonamides is 1. The van der Waals surface area contributed by atoms with Crippen LogP contribution in [0.15, 0.2) is 89.8 Å². The number of carbonyl (C=O) groups is 2. The zero-order valence-electron chi connectivity index (χ0n) is 22.6. The van der Waals surface area contributed by atoms with Crippen LogP contribution in [0.4, 0.5) is 0 Å². The van der Waals surface area contributed by atoms with E-state index < -0.39 is 16.1 Å². The van der Waals surface area contributed by atoms with Crippen molar-refractivity contribution in [3.63, 3.8) is 0 Å². The van der Waals surface area contributed by atoms with Crippen molar-refractivity contribution in [1.29, 1.82) is 0 Å². The predicted octanol–water partition coefficient (Wildman–Crippen LogP) is 4.91. The zero-order valence-corrected chi connectivity index (χ0v) is 24.2. The number of nitrogens with zero attached hydrogens (tertiary/aromatic N) is 2. The van der Waals surface area contributed by atoms with Gasteiger partial charge in [0.25, 0.3) is 0 Å². The second kappa shape index (κ2) is 14.3. The van der Waals surface area contributed by atoms with Gasteiger partial charge in [-0.15, -0.1) is 0 Å². The van der Waals surface area contributed by atoms with E-state index in [0.717, 1.165) is 11.1 Å². The van der Waals surface area contributed by atoms with E-state index in [1.165, 1.54) is 11.4 Å². The molecule has 3 aromatic rings. The molecule has 9 heteroatoms. The van der Waals surface area contributed by atoms with Crippen LogP contribution in [-0.2, 0) is 32.6 Å². The molecule has 0 saturated carbocycles. The van der Waals surface area contributed by atoms with Crippen molar-refractivity contribution in [1.82, 2.24) is 14.5 Å². The van der Waals surface area contributed by atoms with Gasteiger partial charge in [0, 0.05) is 44.0 Å². The number of hydrogen-bond acceptors (Lipinski definition) is 4. The molecule has 2 amide bonds. The Hall–Kier alpha value is -3.20. The smallest absolute Gasteiger partial charge is 0.243 e. The third-order valence-electron chi connectivity index (χ3n) is 6.26. The van der Waals surface area contributed by atoms with Crippen LogP contribution < -0.4 is 5.32 Å². The molecule has 1 atom stereocenters. The fraction of sp³-hybridized carbons (Fsp3) is 0.333. The minimum Gasteiger partial charge on any atom is -0.352 e. The van der Waals surface area contributed by atoms with Crippen LogP contribution in [0, 0.1) is 0 Å². The molecule has 0 radical (unpaired) electrons. The third kappa shape index (κ3) is 8.92. The first kappa shape index (κ1) is 30.3. The normalized spacial score (nSPS) is 12.4. The van der Waals surface area contributed by atoms with E-state index in [1.807, 2.05) is 56.3 Å². The van der Waals surface area contributed by atoms with E-state index in [4.69, 9.17) is 11.6 Å². The lowest BCUT2D eigenvalue weighted by Crippen LogP contribution is -2.51. The molecule has 0 aliphatic carbocycles. The van der Waals surface area contributed by atoms with Crippen molar-refractivity contribution in [3.8, 4) is 0 Å². The summed E-state index contributed by atoms with van der Waals surface area (Å²) in [7, 11) is -2.16. The van der Waals surface area contributed by atoms with E-state index in [1.54, 1.807) is 47.4 Å². The summed E-state index contributed by atoms with van der Waals surface area (Å²) < 4.78 is 27.0. The molecule has 7 nitrogen and oxygen atoms in total. The highest BCUT2D eigenvalue weighted by molar-refractivity contribution is 7.89. The van der Waals surface area contributed by atoms with Gasteiger partial charge in [0.1, 0.15) is 6.04 Å². The lowest BCUT2D eigenvalue weighted by atomic mass is 10.0. The maximum absolute atomic E-state index is 13.7.